The largest absolute Gasteiger partial charge is 0.339 e. The summed E-state index contributed by atoms with van der Waals surface area (Å²) in [6.07, 6.45) is 0. The van der Waals surface area contributed by atoms with E-state index in [9.17, 15) is 8.42 Å². The second-order valence-electron chi connectivity index (χ2n) is 5.82. The van der Waals surface area contributed by atoms with Gasteiger partial charge in [0.1, 0.15) is 10.7 Å². The van der Waals surface area contributed by atoms with Crippen molar-refractivity contribution in [3.8, 4) is 0 Å². The van der Waals surface area contributed by atoms with Gasteiger partial charge in [-0.15, -0.1) is 4.40 Å². The van der Waals surface area contributed by atoms with Crippen molar-refractivity contribution in [2.24, 2.45) is 4.40 Å². The molecule has 0 aliphatic carbocycles. The van der Waals surface area contributed by atoms with Crippen LogP contribution in [0.2, 0.25) is 0 Å². The quantitative estimate of drug-likeness (QED) is 0.791. The lowest BCUT2D eigenvalue weighted by atomic mass is 10.1. The highest BCUT2D eigenvalue weighted by Gasteiger charge is 2.31. The van der Waals surface area contributed by atoms with Gasteiger partial charge in [0.15, 0.2) is 0 Å². The average molecular weight is 405 g/mol. The highest BCUT2D eigenvalue weighted by atomic mass is 79.9. The van der Waals surface area contributed by atoms with E-state index in [1.807, 2.05) is 44.2 Å². The van der Waals surface area contributed by atoms with Gasteiger partial charge in [0.05, 0.1) is 0 Å². The maximum absolute atomic E-state index is 12.5. The molecule has 6 heteroatoms. The van der Waals surface area contributed by atoms with Gasteiger partial charge in [-0.3, -0.25) is 0 Å². The van der Waals surface area contributed by atoms with Crippen LogP contribution in [-0.2, 0) is 10.0 Å². The number of anilines is 1. The van der Waals surface area contributed by atoms with Gasteiger partial charge in [0.2, 0.25) is 0 Å². The minimum atomic E-state index is -3.71. The van der Waals surface area contributed by atoms with E-state index >= 15 is 0 Å². The molecule has 0 unspecified atom stereocenters. The fourth-order valence-corrected chi connectivity index (χ4v) is 4.47. The Morgan fingerprint density at radius 3 is 2.50 bits per heavy atom. The van der Waals surface area contributed by atoms with Gasteiger partial charge in [0, 0.05) is 15.7 Å². The first kappa shape index (κ1) is 16.9. The number of hydrogen-bond acceptors (Lipinski definition) is 3. The molecule has 3 rings (SSSR count). The number of rotatable bonds is 2. The lowest BCUT2D eigenvalue weighted by Crippen LogP contribution is -2.12. The monoisotopic (exact) mass is 404 g/mol. The van der Waals surface area contributed by atoms with Gasteiger partial charge in [-0.25, -0.2) is 0 Å². The summed E-state index contributed by atoms with van der Waals surface area (Å²) in [5, 5.41) is 3.17. The Labute approximate surface area is 150 Å². The summed E-state index contributed by atoms with van der Waals surface area (Å²) in [5.74, 6) is 0.374. The van der Waals surface area contributed by atoms with Gasteiger partial charge >= 0.3 is 0 Å². The normalized spacial score (nSPS) is 16.2. The number of benzene rings is 2. The van der Waals surface area contributed by atoms with Gasteiger partial charge in [-0.2, -0.15) is 8.42 Å². The minimum Gasteiger partial charge on any atom is -0.339 e. The topological polar surface area (TPSA) is 58.5 Å². The van der Waals surface area contributed by atoms with Crippen LogP contribution >= 0.6 is 15.9 Å². The summed E-state index contributed by atoms with van der Waals surface area (Å²) in [4.78, 5) is 0.247. The SMILES string of the molecule is CC1=C(c2cccc(Br)c2)S(=O)(=O)N=C1Nc1cc(C)ccc1C. The van der Waals surface area contributed by atoms with Crippen LogP contribution in [-0.4, -0.2) is 14.3 Å². The molecular formula is C18H17BrN2O2S. The molecule has 1 N–H and O–H groups in total. The molecular weight excluding hydrogens is 388 g/mol. The van der Waals surface area contributed by atoms with E-state index < -0.39 is 10.0 Å². The second-order valence-corrected chi connectivity index (χ2v) is 8.28. The Kier molecular flexibility index (Phi) is 4.36. The minimum absolute atomic E-state index is 0.247. The highest BCUT2D eigenvalue weighted by molar-refractivity contribution is 9.10. The standard InChI is InChI=1S/C18H17BrN2O2S/c1-11-7-8-12(2)16(9-11)20-18-13(3)17(24(22,23)21-18)14-5-4-6-15(19)10-14/h4-10H,1-3H3,(H,20,21). The third kappa shape index (κ3) is 3.16. The van der Waals surface area contributed by atoms with Crippen molar-refractivity contribution in [3.63, 3.8) is 0 Å². The summed E-state index contributed by atoms with van der Waals surface area (Å²) >= 11 is 3.38. The number of hydrogen-bond donors (Lipinski definition) is 1. The first-order valence-corrected chi connectivity index (χ1v) is 9.68. The van der Waals surface area contributed by atoms with Crippen molar-refractivity contribution in [2.45, 2.75) is 20.8 Å². The summed E-state index contributed by atoms with van der Waals surface area (Å²) in [5.41, 5.74) is 4.24. The molecule has 0 fully saturated rings. The maximum Gasteiger partial charge on any atom is 0.285 e. The number of nitrogens with one attached hydrogen (secondary N) is 1. The van der Waals surface area contributed by atoms with Gasteiger partial charge in [0.25, 0.3) is 10.0 Å². The van der Waals surface area contributed by atoms with Gasteiger partial charge < -0.3 is 5.32 Å². The molecule has 24 heavy (non-hydrogen) atoms. The van der Waals surface area contributed by atoms with E-state index in [4.69, 9.17) is 0 Å². The lowest BCUT2D eigenvalue weighted by molar-refractivity contribution is 0.608. The zero-order chi connectivity index (χ0) is 17.5. The van der Waals surface area contributed by atoms with Crippen molar-refractivity contribution >= 4 is 42.4 Å². The van der Waals surface area contributed by atoms with E-state index in [1.165, 1.54) is 0 Å². The Hall–Kier alpha value is -1.92. The first-order chi connectivity index (χ1) is 11.3. The van der Waals surface area contributed by atoms with Crippen molar-refractivity contribution < 1.29 is 8.42 Å². The number of sulfonamides is 1. The van der Waals surface area contributed by atoms with Gasteiger partial charge in [-0.05, 0) is 55.7 Å². The molecule has 124 valence electrons. The molecule has 2 aromatic rings. The van der Waals surface area contributed by atoms with E-state index in [-0.39, 0.29) is 4.91 Å². The van der Waals surface area contributed by atoms with Crippen molar-refractivity contribution in [1.29, 1.82) is 0 Å². The summed E-state index contributed by atoms with van der Waals surface area (Å²) in [7, 11) is -3.71. The fraction of sp³-hybridized carbons (Fsp3) is 0.167. The summed E-state index contributed by atoms with van der Waals surface area (Å²) in [6, 6.07) is 13.2. The van der Waals surface area contributed by atoms with Crippen molar-refractivity contribution in [3.05, 3.63) is 69.2 Å². The number of halogens is 1. The zero-order valence-corrected chi connectivity index (χ0v) is 16.0. The van der Waals surface area contributed by atoms with Crippen LogP contribution < -0.4 is 5.32 Å². The third-order valence-electron chi connectivity index (χ3n) is 3.90. The summed E-state index contributed by atoms with van der Waals surface area (Å²) < 4.78 is 29.8. The molecule has 1 aliphatic heterocycles. The van der Waals surface area contributed by atoms with Crippen LogP contribution in [0, 0.1) is 13.8 Å². The Bertz CT molecular complexity index is 992. The van der Waals surface area contributed by atoms with Crippen LogP contribution in [0.25, 0.3) is 4.91 Å². The molecule has 1 aliphatic rings. The molecule has 0 aromatic heterocycles. The molecule has 0 saturated carbocycles. The van der Waals surface area contributed by atoms with Crippen LogP contribution in [0.5, 0.6) is 0 Å². The van der Waals surface area contributed by atoms with Crippen molar-refractivity contribution in [2.75, 3.05) is 5.32 Å². The number of amidine groups is 1. The van der Waals surface area contributed by atoms with Crippen LogP contribution in [0.1, 0.15) is 23.6 Å². The Morgan fingerprint density at radius 2 is 1.79 bits per heavy atom. The predicted molar refractivity (Wildman–Crippen MR) is 103 cm³/mol. The summed E-state index contributed by atoms with van der Waals surface area (Å²) in [6.45, 7) is 5.74. The first-order valence-electron chi connectivity index (χ1n) is 7.44. The molecule has 0 radical (unpaired) electrons. The number of aryl methyl sites for hydroxylation is 2. The van der Waals surface area contributed by atoms with Crippen LogP contribution in [0.15, 0.2) is 56.9 Å². The molecule has 1 heterocycles. The maximum atomic E-state index is 12.5. The molecule has 2 aromatic carbocycles. The van der Waals surface area contributed by atoms with E-state index in [0.29, 0.717) is 17.0 Å². The molecule has 4 nitrogen and oxygen atoms in total. The van der Waals surface area contributed by atoms with Crippen LogP contribution in [0.4, 0.5) is 5.69 Å². The van der Waals surface area contributed by atoms with Gasteiger partial charge in [-0.1, -0.05) is 40.2 Å². The lowest BCUT2D eigenvalue weighted by Gasteiger charge is -2.11. The Balaban J connectivity index is 2.06. The smallest absolute Gasteiger partial charge is 0.285 e. The van der Waals surface area contributed by atoms with Crippen LogP contribution in [0.3, 0.4) is 0 Å². The third-order valence-corrected chi connectivity index (χ3v) is 5.87. The van der Waals surface area contributed by atoms with E-state index in [0.717, 1.165) is 21.3 Å². The fourth-order valence-electron chi connectivity index (χ4n) is 2.65. The second kappa shape index (κ2) is 6.18. The van der Waals surface area contributed by atoms with E-state index in [1.54, 1.807) is 19.1 Å². The molecule has 0 saturated heterocycles. The average Bonchev–Trinajstić information content (AvgIpc) is 2.72. The molecule has 0 atom stereocenters. The molecule has 0 spiro atoms. The molecule has 0 bridgehead atoms. The van der Waals surface area contributed by atoms with Crippen molar-refractivity contribution in [1.82, 2.24) is 0 Å². The predicted octanol–water partition coefficient (Wildman–Crippen LogP) is 4.65. The Morgan fingerprint density at radius 1 is 1.04 bits per heavy atom. The van der Waals surface area contributed by atoms with E-state index in [2.05, 4.69) is 25.6 Å². The highest BCUT2D eigenvalue weighted by Crippen LogP contribution is 2.34. The molecule has 0 amide bonds. The number of nitrogens with zero attached hydrogens (tertiary/aromatic N) is 1. The zero-order valence-electron chi connectivity index (χ0n) is 13.6.